The number of H-pyrrole nitrogens is 1. The van der Waals surface area contributed by atoms with E-state index in [4.69, 9.17) is 5.11 Å². The molecule has 118 valence electrons. The summed E-state index contributed by atoms with van der Waals surface area (Å²) in [6.45, 7) is 3.99. The van der Waals surface area contributed by atoms with Crippen molar-refractivity contribution in [3.8, 4) is 0 Å². The summed E-state index contributed by atoms with van der Waals surface area (Å²) in [5.41, 5.74) is -0.151. The van der Waals surface area contributed by atoms with E-state index in [0.29, 0.717) is 6.54 Å². The topological polar surface area (TPSA) is 103 Å². The molecule has 1 aromatic rings. The molecule has 2 N–H and O–H groups in total. The van der Waals surface area contributed by atoms with E-state index in [0.717, 1.165) is 32.1 Å². The van der Waals surface area contributed by atoms with Gasteiger partial charge in [-0.05, 0) is 26.2 Å². The fraction of sp³-hybridized carbons (Fsp3) is 0.692. The molecule has 0 bridgehead atoms. The lowest BCUT2D eigenvalue weighted by atomic mass is 10.0. The van der Waals surface area contributed by atoms with Crippen molar-refractivity contribution in [3.63, 3.8) is 0 Å². The minimum atomic E-state index is -3.84. The zero-order valence-electron chi connectivity index (χ0n) is 12.3. The Labute approximate surface area is 124 Å². The third kappa shape index (κ3) is 2.96. The molecular formula is C13H21N3O4S. The number of carbonyl (C=O) groups is 1. The van der Waals surface area contributed by atoms with Gasteiger partial charge in [-0.3, -0.25) is 5.10 Å². The number of hydrogen-bond acceptors (Lipinski definition) is 4. The summed E-state index contributed by atoms with van der Waals surface area (Å²) in [7, 11) is -3.84. The Hall–Kier alpha value is -1.41. The van der Waals surface area contributed by atoms with Gasteiger partial charge in [-0.1, -0.05) is 19.8 Å². The highest BCUT2D eigenvalue weighted by Gasteiger charge is 2.37. The van der Waals surface area contributed by atoms with E-state index in [1.165, 1.54) is 11.2 Å². The number of piperidine rings is 1. The number of aryl methyl sites for hydroxylation is 1. The van der Waals surface area contributed by atoms with Gasteiger partial charge >= 0.3 is 5.97 Å². The number of nitrogens with zero attached hydrogens (tertiary/aromatic N) is 2. The van der Waals surface area contributed by atoms with Crippen molar-refractivity contribution >= 4 is 16.0 Å². The summed E-state index contributed by atoms with van der Waals surface area (Å²) < 4.78 is 27.2. The van der Waals surface area contributed by atoms with Gasteiger partial charge in [0.05, 0.1) is 5.69 Å². The smallest absolute Gasteiger partial charge is 0.357 e. The molecule has 0 aromatic carbocycles. The highest BCUT2D eigenvalue weighted by atomic mass is 32.2. The molecule has 1 aliphatic heterocycles. The van der Waals surface area contributed by atoms with Crippen molar-refractivity contribution in [2.75, 3.05) is 6.54 Å². The van der Waals surface area contributed by atoms with Gasteiger partial charge in [-0.25, -0.2) is 13.2 Å². The first kappa shape index (κ1) is 16.0. The van der Waals surface area contributed by atoms with Gasteiger partial charge < -0.3 is 5.11 Å². The first-order chi connectivity index (χ1) is 9.89. The number of sulfonamides is 1. The van der Waals surface area contributed by atoms with Crippen LogP contribution in [0.25, 0.3) is 0 Å². The molecule has 2 rings (SSSR count). The van der Waals surface area contributed by atoms with E-state index in [1.807, 2.05) is 6.92 Å². The predicted octanol–water partition coefficient (Wildman–Crippen LogP) is 1.76. The maximum absolute atomic E-state index is 12.9. The third-order valence-corrected chi connectivity index (χ3v) is 5.97. The first-order valence-electron chi connectivity index (χ1n) is 7.19. The Balaban J connectivity index is 2.45. The SMILES string of the molecule is CCCC1CCCCN1S(=O)(=O)c1c(C(=O)O)n[nH]c1C. The van der Waals surface area contributed by atoms with E-state index >= 15 is 0 Å². The highest BCUT2D eigenvalue weighted by Crippen LogP contribution is 2.30. The molecule has 0 amide bonds. The third-order valence-electron chi connectivity index (χ3n) is 3.86. The fourth-order valence-electron chi connectivity index (χ4n) is 2.91. The average Bonchev–Trinajstić information content (AvgIpc) is 2.82. The molecule has 1 unspecified atom stereocenters. The van der Waals surface area contributed by atoms with Crippen LogP contribution in [0.5, 0.6) is 0 Å². The van der Waals surface area contributed by atoms with Crippen molar-refractivity contribution in [2.24, 2.45) is 0 Å². The van der Waals surface area contributed by atoms with Crippen LogP contribution in [-0.4, -0.2) is 46.6 Å². The molecule has 0 saturated carbocycles. The number of aromatic carboxylic acids is 1. The van der Waals surface area contributed by atoms with Gasteiger partial charge in [0.2, 0.25) is 10.0 Å². The molecule has 0 spiro atoms. The monoisotopic (exact) mass is 315 g/mol. The van der Waals surface area contributed by atoms with Crippen LogP contribution in [0.3, 0.4) is 0 Å². The Bertz CT molecular complexity index is 621. The van der Waals surface area contributed by atoms with Crippen LogP contribution in [0.15, 0.2) is 4.90 Å². The lowest BCUT2D eigenvalue weighted by Gasteiger charge is -2.34. The predicted molar refractivity (Wildman–Crippen MR) is 76.7 cm³/mol. The van der Waals surface area contributed by atoms with Gasteiger partial charge in [-0.15, -0.1) is 0 Å². The molecular weight excluding hydrogens is 294 g/mol. The fourth-order valence-corrected chi connectivity index (χ4v) is 4.93. The Kier molecular flexibility index (Phi) is 4.67. The number of rotatable bonds is 5. The van der Waals surface area contributed by atoms with Crippen LogP contribution < -0.4 is 0 Å². The van der Waals surface area contributed by atoms with Crippen LogP contribution in [-0.2, 0) is 10.0 Å². The summed E-state index contributed by atoms with van der Waals surface area (Å²) in [6.07, 6.45) is 4.32. The molecule has 1 aliphatic rings. The number of nitrogens with one attached hydrogen (secondary N) is 1. The summed E-state index contributed by atoms with van der Waals surface area (Å²) in [5.74, 6) is -1.33. The van der Waals surface area contributed by atoms with Gasteiger partial charge in [-0.2, -0.15) is 9.40 Å². The van der Waals surface area contributed by atoms with E-state index in [-0.39, 0.29) is 16.6 Å². The van der Waals surface area contributed by atoms with Crippen LogP contribution in [0, 0.1) is 6.92 Å². The average molecular weight is 315 g/mol. The van der Waals surface area contributed by atoms with Crippen LogP contribution in [0.4, 0.5) is 0 Å². The molecule has 1 fully saturated rings. The minimum absolute atomic E-state index is 0.0512. The molecule has 1 aromatic heterocycles. The van der Waals surface area contributed by atoms with Gasteiger partial charge in [0.1, 0.15) is 4.90 Å². The van der Waals surface area contributed by atoms with E-state index in [9.17, 15) is 13.2 Å². The highest BCUT2D eigenvalue weighted by molar-refractivity contribution is 7.89. The van der Waals surface area contributed by atoms with Crippen LogP contribution in [0.2, 0.25) is 0 Å². The van der Waals surface area contributed by atoms with Crippen LogP contribution >= 0.6 is 0 Å². The Morgan fingerprint density at radius 1 is 1.48 bits per heavy atom. The van der Waals surface area contributed by atoms with E-state index in [1.54, 1.807) is 0 Å². The van der Waals surface area contributed by atoms with Crippen molar-refractivity contribution < 1.29 is 18.3 Å². The summed E-state index contributed by atoms with van der Waals surface area (Å²) in [4.78, 5) is 11.0. The molecule has 8 heteroatoms. The summed E-state index contributed by atoms with van der Waals surface area (Å²) in [5, 5.41) is 15.2. The molecule has 21 heavy (non-hydrogen) atoms. The second-order valence-electron chi connectivity index (χ2n) is 5.39. The summed E-state index contributed by atoms with van der Waals surface area (Å²) >= 11 is 0. The van der Waals surface area contributed by atoms with Crippen LogP contribution in [0.1, 0.15) is 55.2 Å². The molecule has 7 nitrogen and oxygen atoms in total. The first-order valence-corrected chi connectivity index (χ1v) is 8.63. The molecule has 2 heterocycles. The second kappa shape index (κ2) is 6.15. The quantitative estimate of drug-likeness (QED) is 0.861. The molecule has 1 saturated heterocycles. The number of hydrogen-bond donors (Lipinski definition) is 2. The molecule has 0 radical (unpaired) electrons. The van der Waals surface area contributed by atoms with Gasteiger partial charge in [0, 0.05) is 12.6 Å². The maximum Gasteiger partial charge on any atom is 0.357 e. The lowest BCUT2D eigenvalue weighted by molar-refractivity contribution is 0.0685. The van der Waals surface area contributed by atoms with Crippen molar-refractivity contribution in [1.29, 1.82) is 0 Å². The van der Waals surface area contributed by atoms with E-state index in [2.05, 4.69) is 10.2 Å². The van der Waals surface area contributed by atoms with Gasteiger partial charge in [0.25, 0.3) is 0 Å². The number of carboxylic acids is 1. The normalized spacial score (nSPS) is 20.6. The van der Waals surface area contributed by atoms with Crippen molar-refractivity contribution in [1.82, 2.24) is 14.5 Å². The minimum Gasteiger partial charge on any atom is -0.476 e. The maximum atomic E-state index is 12.9. The summed E-state index contributed by atoms with van der Waals surface area (Å²) in [6, 6.07) is -0.0512. The van der Waals surface area contributed by atoms with Crippen molar-refractivity contribution in [2.45, 2.75) is 56.9 Å². The number of carboxylic acid groups (broad SMARTS) is 1. The zero-order chi connectivity index (χ0) is 15.6. The van der Waals surface area contributed by atoms with Gasteiger partial charge in [0.15, 0.2) is 5.69 Å². The molecule has 1 atom stereocenters. The number of aromatic nitrogens is 2. The standard InChI is InChI=1S/C13H21N3O4S/c1-3-6-10-7-4-5-8-16(10)21(19,20)12-9(2)14-15-11(12)13(17)18/h10H,3-8H2,1-2H3,(H,14,15)(H,17,18). The molecule has 0 aliphatic carbocycles. The Morgan fingerprint density at radius 3 is 2.81 bits per heavy atom. The lowest BCUT2D eigenvalue weighted by Crippen LogP contribution is -2.44. The zero-order valence-corrected chi connectivity index (χ0v) is 13.1. The van der Waals surface area contributed by atoms with Crippen molar-refractivity contribution in [3.05, 3.63) is 11.4 Å². The second-order valence-corrected chi connectivity index (χ2v) is 7.21. The Morgan fingerprint density at radius 2 is 2.19 bits per heavy atom. The van der Waals surface area contributed by atoms with E-state index < -0.39 is 21.7 Å². The largest absolute Gasteiger partial charge is 0.476 e. The number of aromatic amines is 1.